The van der Waals surface area contributed by atoms with E-state index in [1.54, 1.807) is 18.1 Å². The van der Waals surface area contributed by atoms with Gasteiger partial charge in [0.2, 0.25) is 11.8 Å². The molecular formula is C33H45N3O7. The zero-order valence-electron chi connectivity index (χ0n) is 25.9. The van der Waals surface area contributed by atoms with Crippen LogP contribution in [0.5, 0.6) is 17.4 Å². The molecule has 5 rings (SSSR count). The van der Waals surface area contributed by atoms with E-state index in [4.69, 9.17) is 23.9 Å². The lowest BCUT2D eigenvalue weighted by atomic mass is 9.83. The number of hydrogen-bond donors (Lipinski definition) is 1. The number of hydrogen-bond acceptors (Lipinski definition) is 8. The molecule has 10 nitrogen and oxygen atoms in total. The van der Waals surface area contributed by atoms with Crippen molar-refractivity contribution in [3.8, 4) is 17.4 Å². The van der Waals surface area contributed by atoms with Gasteiger partial charge in [-0.05, 0) is 62.0 Å². The van der Waals surface area contributed by atoms with Gasteiger partial charge in [0.05, 0.1) is 38.4 Å². The minimum absolute atomic E-state index is 0.00836. The fourth-order valence-corrected chi connectivity index (χ4v) is 6.71. The first-order valence-corrected chi connectivity index (χ1v) is 15.7. The predicted molar refractivity (Wildman–Crippen MR) is 162 cm³/mol. The van der Waals surface area contributed by atoms with Gasteiger partial charge in [-0.15, -0.1) is 0 Å². The van der Waals surface area contributed by atoms with Crippen molar-refractivity contribution in [3.63, 3.8) is 0 Å². The number of aldehydes is 1. The number of rotatable bonds is 5. The monoisotopic (exact) mass is 595 g/mol. The fourth-order valence-electron chi connectivity index (χ4n) is 6.71. The van der Waals surface area contributed by atoms with Crippen molar-refractivity contribution in [1.29, 1.82) is 0 Å². The summed E-state index contributed by atoms with van der Waals surface area (Å²) in [7, 11) is 1.65. The Morgan fingerprint density at radius 1 is 1.14 bits per heavy atom. The maximum atomic E-state index is 14.1. The zero-order chi connectivity index (χ0) is 30.6. The molecule has 0 radical (unpaired) electrons. The molecule has 1 saturated carbocycles. The molecule has 2 aliphatic heterocycles. The maximum absolute atomic E-state index is 14.1. The van der Waals surface area contributed by atoms with Crippen LogP contribution in [0.15, 0.2) is 18.2 Å². The first kappa shape index (κ1) is 30.9. The second kappa shape index (κ2) is 13.4. The van der Waals surface area contributed by atoms with Crippen LogP contribution in [0.25, 0.3) is 10.9 Å². The third kappa shape index (κ3) is 7.16. The van der Waals surface area contributed by atoms with Crippen LogP contribution in [-0.4, -0.2) is 73.2 Å². The molecule has 1 aromatic carbocycles. The number of aryl methyl sites for hydroxylation is 1. The summed E-state index contributed by atoms with van der Waals surface area (Å²) in [5, 5.41) is 3.74. The molecule has 3 atom stereocenters. The number of amides is 2. The van der Waals surface area contributed by atoms with Crippen LogP contribution in [0.1, 0.15) is 77.7 Å². The number of nitrogens with one attached hydrogen (secondary N) is 1. The summed E-state index contributed by atoms with van der Waals surface area (Å²) in [5.74, 6) is 1.49. The van der Waals surface area contributed by atoms with E-state index in [0.29, 0.717) is 30.2 Å². The van der Waals surface area contributed by atoms with Gasteiger partial charge in [-0.2, -0.15) is 0 Å². The molecule has 3 heterocycles. The summed E-state index contributed by atoms with van der Waals surface area (Å²) in [6, 6.07) is 4.34. The highest BCUT2D eigenvalue weighted by atomic mass is 16.5. The second-order valence-electron chi connectivity index (χ2n) is 12.9. The average molecular weight is 596 g/mol. The average Bonchev–Trinajstić information content (AvgIpc) is 3.41. The number of alkyl carbamates (subject to hydrolysis) is 1. The molecule has 4 bridgehead atoms. The quantitative estimate of drug-likeness (QED) is 0.468. The van der Waals surface area contributed by atoms with E-state index in [9.17, 15) is 14.4 Å². The molecule has 43 heavy (non-hydrogen) atoms. The van der Waals surface area contributed by atoms with Gasteiger partial charge >= 0.3 is 6.09 Å². The Hall–Kier alpha value is -3.56. The Morgan fingerprint density at radius 2 is 1.93 bits per heavy atom. The number of aromatic nitrogens is 1. The second-order valence-corrected chi connectivity index (χ2v) is 12.9. The van der Waals surface area contributed by atoms with Crippen molar-refractivity contribution in [2.24, 2.45) is 11.3 Å². The molecule has 2 aromatic rings. The lowest BCUT2D eigenvalue weighted by Gasteiger charge is -2.34. The summed E-state index contributed by atoms with van der Waals surface area (Å²) < 4.78 is 23.8. The number of benzene rings is 1. The molecule has 1 aliphatic carbocycles. The number of carbonyl (C=O) groups is 3. The first-order valence-electron chi connectivity index (χ1n) is 15.7. The van der Waals surface area contributed by atoms with Gasteiger partial charge in [-0.25, -0.2) is 9.78 Å². The summed E-state index contributed by atoms with van der Waals surface area (Å²) in [4.78, 5) is 45.7. The molecule has 1 saturated heterocycles. The van der Waals surface area contributed by atoms with Gasteiger partial charge in [-0.3, -0.25) is 4.79 Å². The zero-order valence-corrected chi connectivity index (χ0v) is 25.9. The van der Waals surface area contributed by atoms with E-state index in [2.05, 4.69) is 25.2 Å². The van der Waals surface area contributed by atoms with Gasteiger partial charge in [0.15, 0.2) is 0 Å². The first-order chi connectivity index (χ1) is 20.7. The molecule has 3 aliphatic rings. The van der Waals surface area contributed by atoms with E-state index in [1.165, 1.54) is 0 Å². The normalized spacial score (nSPS) is 25.3. The third-order valence-electron chi connectivity index (χ3n) is 9.03. The van der Waals surface area contributed by atoms with Gasteiger partial charge in [0.25, 0.3) is 0 Å². The van der Waals surface area contributed by atoms with Crippen LogP contribution in [0, 0.1) is 11.3 Å². The minimum Gasteiger partial charge on any atom is -0.496 e. The molecule has 1 aromatic heterocycles. The number of nitrogens with zero attached hydrogens (tertiary/aromatic N) is 2. The SMILES string of the molecule is CCOc1cc2c3cc(c(OC)cc3n1)CCCC(C)(C)COC(=O)N[C@@H](C1CCCCC1)C(=O)N1C[C@@H](C[C@H]1C=O)O2. The van der Waals surface area contributed by atoms with Gasteiger partial charge < -0.3 is 34.0 Å². The molecule has 2 fully saturated rings. The lowest BCUT2D eigenvalue weighted by Crippen LogP contribution is -2.54. The molecule has 0 spiro atoms. The standard InChI is InChI=1S/C33H45N3O7/c1-5-41-29-17-28-25-14-22(27(40-4)16-26(25)34-29)12-9-13-33(2,3)20-42-32(39)35-30(21-10-7-6-8-11-21)31(38)36-18-24(43-28)15-23(36)19-37/h14,16-17,19,21,23-24,30H,5-13,15,18,20H2,1-4H3,(H,35,39)/t23-,24+,30-/m0/s1. The topological polar surface area (TPSA) is 116 Å². The number of cyclic esters (lactones) is 1. The van der Waals surface area contributed by atoms with E-state index in [1.807, 2.05) is 13.0 Å². The fraction of sp³-hybridized carbons (Fsp3) is 0.636. The molecular weight excluding hydrogens is 550 g/mol. The number of carbonyl (C=O) groups excluding carboxylic acids is 3. The van der Waals surface area contributed by atoms with Crippen molar-refractivity contribution in [2.45, 2.75) is 96.7 Å². The molecule has 234 valence electrons. The molecule has 0 unspecified atom stereocenters. The highest BCUT2D eigenvalue weighted by Gasteiger charge is 2.42. The van der Waals surface area contributed by atoms with Crippen LogP contribution < -0.4 is 19.5 Å². The minimum atomic E-state index is -0.752. The highest BCUT2D eigenvalue weighted by molar-refractivity contribution is 5.89. The Kier molecular flexibility index (Phi) is 9.62. The Bertz CT molecular complexity index is 1320. The lowest BCUT2D eigenvalue weighted by molar-refractivity contribution is -0.138. The Morgan fingerprint density at radius 3 is 2.65 bits per heavy atom. The molecule has 2 amide bonds. The van der Waals surface area contributed by atoms with Crippen molar-refractivity contribution in [1.82, 2.24) is 15.2 Å². The van der Waals surface area contributed by atoms with Gasteiger partial charge in [0, 0.05) is 23.9 Å². The Labute approximate surface area is 253 Å². The molecule has 1 N–H and O–H groups in total. The number of fused-ring (bicyclic) bond motifs is 3. The molecule has 10 heteroatoms. The van der Waals surface area contributed by atoms with Crippen LogP contribution >= 0.6 is 0 Å². The van der Waals surface area contributed by atoms with Crippen LogP contribution in [0.4, 0.5) is 4.79 Å². The highest BCUT2D eigenvalue weighted by Crippen LogP contribution is 2.37. The van der Waals surface area contributed by atoms with Crippen molar-refractivity contribution >= 4 is 29.2 Å². The van der Waals surface area contributed by atoms with E-state index < -0.39 is 24.3 Å². The van der Waals surface area contributed by atoms with E-state index in [0.717, 1.165) is 74.4 Å². The smallest absolute Gasteiger partial charge is 0.407 e. The van der Waals surface area contributed by atoms with Gasteiger partial charge in [0.1, 0.15) is 29.9 Å². The summed E-state index contributed by atoms with van der Waals surface area (Å²) in [5.41, 5.74) is 1.43. The van der Waals surface area contributed by atoms with Crippen molar-refractivity contribution in [3.05, 3.63) is 23.8 Å². The van der Waals surface area contributed by atoms with Crippen LogP contribution in [-0.2, 0) is 20.7 Å². The largest absolute Gasteiger partial charge is 0.496 e. The van der Waals surface area contributed by atoms with Crippen LogP contribution in [0.2, 0.25) is 0 Å². The van der Waals surface area contributed by atoms with Gasteiger partial charge in [-0.1, -0.05) is 33.1 Å². The van der Waals surface area contributed by atoms with E-state index in [-0.39, 0.29) is 30.4 Å². The maximum Gasteiger partial charge on any atom is 0.407 e. The summed E-state index contributed by atoms with van der Waals surface area (Å²) in [6.07, 6.45) is 7.37. The summed E-state index contributed by atoms with van der Waals surface area (Å²) >= 11 is 0. The van der Waals surface area contributed by atoms with Crippen molar-refractivity contribution < 1.29 is 33.3 Å². The summed E-state index contributed by atoms with van der Waals surface area (Å²) in [6.45, 7) is 6.94. The van der Waals surface area contributed by atoms with Crippen molar-refractivity contribution in [2.75, 3.05) is 26.9 Å². The number of pyridine rings is 1. The van der Waals surface area contributed by atoms with Crippen LogP contribution in [0.3, 0.4) is 0 Å². The van der Waals surface area contributed by atoms with E-state index >= 15 is 0 Å². The Balaban J connectivity index is 1.54. The third-order valence-corrected chi connectivity index (χ3v) is 9.03. The number of methoxy groups -OCH3 is 1. The number of ether oxygens (including phenoxy) is 4. The predicted octanol–water partition coefficient (Wildman–Crippen LogP) is 5.23.